The molecule has 0 heterocycles. The van der Waals surface area contributed by atoms with Gasteiger partial charge in [-0.25, -0.2) is 0 Å². The van der Waals surface area contributed by atoms with E-state index in [1.165, 1.54) is 0 Å². The van der Waals surface area contributed by atoms with Crippen LogP contribution in [0.4, 0.5) is 0 Å². The predicted octanol–water partition coefficient (Wildman–Crippen LogP) is 3.14. The maximum Gasteiger partial charge on any atom is 0.323 e. The molecule has 0 radical (unpaired) electrons. The summed E-state index contributed by atoms with van der Waals surface area (Å²) in [6.07, 6.45) is 3.54. The number of rotatable bonds is 7. The number of carbonyl (C=O) groups is 1. The van der Waals surface area contributed by atoms with Crippen LogP contribution in [-0.2, 0) is 4.79 Å². The van der Waals surface area contributed by atoms with E-state index in [1.54, 1.807) is 0 Å². The molecular weight excluding hydrogens is 246 g/mol. The largest absolute Gasteiger partial charge is 0.480 e. The van der Waals surface area contributed by atoms with E-state index in [9.17, 15) is 9.90 Å². The van der Waals surface area contributed by atoms with E-state index in [4.69, 9.17) is 0 Å². The maximum absolute atomic E-state index is 11.5. The highest BCUT2D eigenvalue weighted by molar-refractivity contribution is 8.00. The van der Waals surface area contributed by atoms with Crippen LogP contribution in [0.1, 0.15) is 53.4 Å². The number of nitrogens with one attached hydrogen (secondary N) is 1. The molecule has 0 aromatic rings. The lowest BCUT2D eigenvalue weighted by Crippen LogP contribution is -2.50. The SMILES string of the molecule is CCCNC1(C(=O)O)CCC(SC(C)C(C)C)C1. The van der Waals surface area contributed by atoms with Crippen molar-refractivity contribution in [3.8, 4) is 0 Å². The highest BCUT2D eigenvalue weighted by atomic mass is 32.2. The van der Waals surface area contributed by atoms with Gasteiger partial charge in [-0.1, -0.05) is 27.7 Å². The lowest BCUT2D eigenvalue weighted by atomic mass is 9.98. The van der Waals surface area contributed by atoms with Crippen molar-refractivity contribution in [2.45, 2.75) is 69.4 Å². The molecule has 0 aromatic carbocycles. The van der Waals surface area contributed by atoms with Crippen LogP contribution in [0.5, 0.6) is 0 Å². The molecule has 1 aliphatic carbocycles. The van der Waals surface area contributed by atoms with Gasteiger partial charge in [-0.05, 0) is 38.1 Å². The van der Waals surface area contributed by atoms with Crippen LogP contribution in [0.25, 0.3) is 0 Å². The van der Waals surface area contributed by atoms with Crippen molar-refractivity contribution < 1.29 is 9.90 Å². The summed E-state index contributed by atoms with van der Waals surface area (Å²) < 4.78 is 0. The van der Waals surface area contributed by atoms with Gasteiger partial charge < -0.3 is 10.4 Å². The van der Waals surface area contributed by atoms with Gasteiger partial charge in [0.05, 0.1) is 0 Å². The van der Waals surface area contributed by atoms with Gasteiger partial charge in [-0.2, -0.15) is 11.8 Å². The van der Waals surface area contributed by atoms with Gasteiger partial charge in [0.1, 0.15) is 5.54 Å². The lowest BCUT2D eigenvalue weighted by Gasteiger charge is -2.26. The molecule has 3 unspecified atom stereocenters. The molecule has 0 saturated heterocycles. The first-order valence-electron chi connectivity index (χ1n) is 7.05. The van der Waals surface area contributed by atoms with Crippen molar-refractivity contribution in [3.63, 3.8) is 0 Å². The van der Waals surface area contributed by atoms with E-state index in [1.807, 2.05) is 11.8 Å². The molecule has 3 atom stereocenters. The first-order chi connectivity index (χ1) is 8.41. The molecule has 1 aliphatic rings. The Bertz CT molecular complexity index is 283. The van der Waals surface area contributed by atoms with Gasteiger partial charge in [0, 0.05) is 10.5 Å². The summed E-state index contributed by atoms with van der Waals surface area (Å²) in [5.74, 6) is -0.0188. The summed E-state index contributed by atoms with van der Waals surface area (Å²) in [6.45, 7) is 9.57. The topological polar surface area (TPSA) is 49.3 Å². The number of aliphatic carboxylic acids is 1. The third kappa shape index (κ3) is 3.89. The van der Waals surface area contributed by atoms with Crippen LogP contribution in [0.15, 0.2) is 0 Å². The van der Waals surface area contributed by atoms with Gasteiger partial charge in [-0.15, -0.1) is 0 Å². The van der Waals surface area contributed by atoms with E-state index in [0.29, 0.717) is 16.4 Å². The Kier molecular flexibility index (Phi) is 5.99. The van der Waals surface area contributed by atoms with E-state index in [0.717, 1.165) is 32.2 Å². The molecule has 0 aromatic heterocycles. The molecule has 2 N–H and O–H groups in total. The van der Waals surface area contributed by atoms with E-state index in [2.05, 4.69) is 33.0 Å². The molecule has 0 amide bonds. The normalized spacial score (nSPS) is 29.7. The predicted molar refractivity (Wildman–Crippen MR) is 78.2 cm³/mol. The van der Waals surface area contributed by atoms with Crippen LogP contribution >= 0.6 is 11.8 Å². The zero-order valence-corrected chi connectivity index (χ0v) is 12.8. The summed E-state index contributed by atoms with van der Waals surface area (Å²) in [5, 5.41) is 13.8. The Hall–Kier alpha value is -0.220. The van der Waals surface area contributed by atoms with Crippen molar-refractivity contribution in [1.29, 1.82) is 0 Å². The molecule has 0 spiro atoms. The number of carboxylic acid groups (broad SMARTS) is 1. The van der Waals surface area contributed by atoms with Crippen LogP contribution in [0.3, 0.4) is 0 Å². The third-order valence-electron chi connectivity index (χ3n) is 3.94. The summed E-state index contributed by atoms with van der Waals surface area (Å²) in [4.78, 5) is 11.5. The highest BCUT2D eigenvalue weighted by Crippen LogP contribution is 2.40. The molecule has 1 rings (SSSR count). The van der Waals surface area contributed by atoms with Crippen molar-refractivity contribution in [3.05, 3.63) is 0 Å². The molecule has 0 aliphatic heterocycles. The van der Waals surface area contributed by atoms with Crippen LogP contribution in [0.2, 0.25) is 0 Å². The molecule has 4 heteroatoms. The minimum atomic E-state index is -0.670. The average molecular weight is 273 g/mol. The fourth-order valence-electron chi connectivity index (χ4n) is 2.37. The quantitative estimate of drug-likeness (QED) is 0.748. The van der Waals surface area contributed by atoms with E-state index < -0.39 is 11.5 Å². The first kappa shape index (κ1) is 15.8. The summed E-state index contributed by atoms with van der Waals surface area (Å²) in [6, 6.07) is 0. The molecule has 0 bridgehead atoms. The van der Waals surface area contributed by atoms with Crippen LogP contribution < -0.4 is 5.32 Å². The van der Waals surface area contributed by atoms with Crippen LogP contribution in [-0.4, -0.2) is 33.7 Å². The van der Waals surface area contributed by atoms with E-state index in [-0.39, 0.29) is 0 Å². The van der Waals surface area contributed by atoms with Gasteiger partial charge in [0.15, 0.2) is 0 Å². The maximum atomic E-state index is 11.5. The Labute approximate surface area is 115 Å². The Morgan fingerprint density at radius 3 is 2.67 bits per heavy atom. The molecular formula is C14H27NO2S. The number of thioether (sulfide) groups is 1. The molecule has 18 heavy (non-hydrogen) atoms. The number of carboxylic acids is 1. The standard InChI is InChI=1S/C14H27NO2S/c1-5-8-15-14(13(16)17)7-6-12(9-14)18-11(4)10(2)3/h10-12,15H,5-9H2,1-4H3,(H,16,17). The zero-order valence-electron chi connectivity index (χ0n) is 12.0. The first-order valence-corrected chi connectivity index (χ1v) is 7.99. The minimum absolute atomic E-state index is 0.489. The van der Waals surface area contributed by atoms with Crippen molar-refractivity contribution in [1.82, 2.24) is 5.32 Å². The second-order valence-corrected chi connectivity index (χ2v) is 7.45. The Balaban J connectivity index is 2.57. The minimum Gasteiger partial charge on any atom is -0.480 e. The molecule has 3 nitrogen and oxygen atoms in total. The molecule has 106 valence electrons. The fraction of sp³-hybridized carbons (Fsp3) is 0.929. The third-order valence-corrected chi connectivity index (χ3v) is 5.70. The summed E-state index contributed by atoms with van der Waals surface area (Å²) >= 11 is 1.97. The molecule has 1 fully saturated rings. The van der Waals surface area contributed by atoms with Crippen molar-refractivity contribution in [2.24, 2.45) is 5.92 Å². The van der Waals surface area contributed by atoms with Gasteiger partial charge in [0.25, 0.3) is 0 Å². The Morgan fingerprint density at radius 2 is 2.17 bits per heavy atom. The van der Waals surface area contributed by atoms with Crippen molar-refractivity contribution in [2.75, 3.05) is 6.54 Å². The summed E-state index contributed by atoms with van der Waals surface area (Å²) in [7, 11) is 0. The van der Waals surface area contributed by atoms with Gasteiger partial charge in [-0.3, -0.25) is 4.79 Å². The second kappa shape index (κ2) is 6.80. The monoisotopic (exact) mass is 273 g/mol. The van der Waals surface area contributed by atoms with E-state index >= 15 is 0 Å². The number of hydrogen-bond donors (Lipinski definition) is 2. The van der Waals surface area contributed by atoms with Gasteiger partial charge >= 0.3 is 5.97 Å². The van der Waals surface area contributed by atoms with Crippen molar-refractivity contribution >= 4 is 17.7 Å². The smallest absolute Gasteiger partial charge is 0.323 e. The lowest BCUT2D eigenvalue weighted by molar-refractivity contribution is -0.144. The highest BCUT2D eigenvalue weighted by Gasteiger charge is 2.45. The fourth-order valence-corrected chi connectivity index (χ4v) is 3.93. The van der Waals surface area contributed by atoms with Crippen LogP contribution in [0, 0.1) is 5.92 Å². The van der Waals surface area contributed by atoms with Gasteiger partial charge in [0.2, 0.25) is 0 Å². The Morgan fingerprint density at radius 1 is 1.50 bits per heavy atom. The number of hydrogen-bond acceptors (Lipinski definition) is 3. The second-order valence-electron chi connectivity index (χ2n) is 5.76. The summed E-state index contributed by atoms with van der Waals surface area (Å²) in [5.41, 5.74) is -0.662. The average Bonchev–Trinajstić information content (AvgIpc) is 2.71. The zero-order chi connectivity index (χ0) is 13.8. The molecule has 1 saturated carbocycles.